The van der Waals surface area contributed by atoms with Crippen molar-refractivity contribution in [3.8, 4) is 0 Å². The Hall–Kier alpha value is -0.990. The number of hydrogen-bond acceptors (Lipinski definition) is 7. The van der Waals surface area contributed by atoms with Crippen LogP contribution in [0.2, 0.25) is 0 Å². The summed E-state index contributed by atoms with van der Waals surface area (Å²) in [5, 5.41) is 5.24. The largest absolute Gasteiger partial charge is 0.778 e. The highest BCUT2D eigenvalue weighted by molar-refractivity contribution is 7.52. The number of carbonyl (C=O) groups excluding carboxylic acids is 2. The number of ether oxygens (including phenoxy) is 2. The Morgan fingerprint density at radius 2 is 1.25 bits per heavy atom. The lowest BCUT2D eigenvalue weighted by molar-refractivity contribution is -0.204. The zero-order chi connectivity index (χ0) is 21.7. The minimum atomic E-state index is -4.11. The van der Waals surface area contributed by atoms with Gasteiger partial charge in [0, 0.05) is 31.6 Å². The van der Waals surface area contributed by atoms with Gasteiger partial charge in [-0.15, -0.1) is 0 Å². The van der Waals surface area contributed by atoms with Crippen LogP contribution in [0, 0.1) is 0 Å². The van der Waals surface area contributed by atoms with E-state index >= 15 is 0 Å². The predicted octanol–water partition coefficient (Wildman–Crippen LogP) is 1.20. The van der Waals surface area contributed by atoms with Crippen molar-refractivity contribution in [3.05, 3.63) is 0 Å². The van der Waals surface area contributed by atoms with Crippen LogP contribution in [0.15, 0.2) is 0 Å². The molecule has 2 amide bonds. The summed E-state index contributed by atoms with van der Waals surface area (Å²) in [5.74, 6) is -0.563. The molecule has 0 saturated carbocycles. The van der Waals surface area contributed by atoms with Gasteiger partial charge >= 0.3 is 0 Å². The van der Waals surface area contributed by atoms with Crippen molar-refractivity contribution in [1.82, 2.24) is 10.6 Å². The van der Waals surface area contributed by atoms with E-state index in [9.17, 15) is 19.0 Å². The molecule has 28 heavy (non-hydrogen) atoms. The van der Waals surface area contributed by atoms with E-state index in [1.165, 1.54) is 13.8 Å². The molecule has 166 valence electrons. The molecular weight excluding hydrogens is 387 g/mol. The van der Waals surface area contributed by atoms with Gasteiger partial charge in [-0.25, -0.2) is 0 Å². The lowest BCUT2D eigenvalue weighted by Gasteiger charge is -2.32. The van der Waals surface area contributed by atoms with Crippen LogP contribution >= 0.6 is 7.60 Å². The Kier molecular flexibility index (Phi) is 13.6. The van der Waals surface area contributed by atoms with Crippen LogP contribution in [0.1, 0.15) is 54.4 Å². The highest BCUT2D eigenvalue weighted by Crippen LogP contribution is 2.43. The molecule has 0 fully saturated rings. The Morgan fingerprint density at radius 1 is 0.857 bits per heavy atom. The highest BCUT2D eigenvalue weighted by atomic mass is 31.2. The summed E-state index contributed by atoms with van der Waals surface area (Å²) < 4.78 is 27.9. The first kappa shape index (κ1) is 27.0. The zero-order valence-electron chi connectivity index (χ0n) is 17.9. The molecule has 1 unspecified atom stereocenters. The second-order valence-electron chi connectivity index (χ2n) is 7.31. The quantitative estimate of drug-likeness (QED) is 0.379. The van der Waals surface area contributed by atoms with Gasteiger partial charge in [-0.1, -0.05) is 13.8 Å². The minimum absolute atomic E-state index is 0.0242. The summed E-state index contributed by atoms with van der Waals surface area (Å²) in [6, 6.07) is 0. The van der Waals surface area contributed by atoms with Gasteiger partial charge in [0.1, 0.15) is 7.60 Å². The Bertz CT molecular complexity index is 482. The molecule has 0 aromatic heterocycles. The van der Waals surface area contributed by atoms with E-state index in [0.717, 1.165) is 0 Å². The average molecular weight is 423 g/mol. The monoisotopic (exact) mass is 423 g/mol. The van der Waals surface area contributed by atoms with Crippen LogP contribution in [0.4, 0.5) is 0 Å². The van der Waals surface area contributed by atoms with Crippen LogP contribution < -0.4 is 15.5 Å². The lowest BCUT2D eigenvalue weighted by Crippen LogP contribution is -2.42. The first-order valence-corrected chi connectivity index (χ1v) is 11.3. The molecule has 0 heterocycles. The Labute approximate surface area is 168 Å². The number of carbonyl (C=O) groups is 2. The SMILES string of the molecule is CC(C)OCCC(=O)NCC(CNC(=O)CCOC(C)C)OP(=O)([O-])C(C)C. The second kappa shape index (κ2) is 14.1. The molecule has 0 aliphatic rings. The number of amides is 2. The van der Waals surface area contributed by atoms with Crippen molar-refractivity contribution in [2.75, 3.05) is 26.3 Å². The van der Waals surface area contributed by atoms with Crippen LogP contribution in [0.5, 0.6) is 0 Å². The molecular formula is C18H36N2O7P-. The summed E-state index contributed by atoms with van der Waals surface area (Å²) in [4.78, 5) is 35.8. The molecule has 0 aliphatic carbocycles. The standard InChI is InChI=1S/C18H37N2O7P/c1-13(2)25-9-7-17(21)19-11-16(27-28(23,24)15(5)6)12-20-18(22)8-10-26-14(3)4/h13-16H,7-12H2,1-6H3,(H,19,21)(H,20,22)(H,23,24)/p-1. The van der Waals surface area contributed by atoms with E-state index in [-0.39, 0.29) is 63.2 Å². The van der Waals surface area contributed by atoms with E-state index in [0.29, 0.717) is 0 Å². The van der Waals surface area contributed by atoms with Gasteiger partial charge in [0.25, 0.3) is 0 Å². The van der Waals surface area contributed by atoms with Gasteiger partial charge in [0.2, 0.25) is 11.8 Å². The highest BCUT2D eigenvalue weighted by Gasteiger charge is 2.22. The maximum absolute atomic E-state index is 12.1. The number of nitrogens with one attached hydrogen (secondary N) is 2. The molecule has 0 bridgehead atoms. The van der Waals surface area contributed by atoms with Crippen molar-refractivity contribution in [3.63, 3.8) is 0 Å². The molecule has 0 radical (unpaired) electrons. The zero-order valence-corrected chi connectivity index (χ0v) is 18.8. The van der Waals surface area contributed by atoms with E-state index in [4.69, 9.17) is 14.0 Å². The predicted molar refractivity (Wildman–Crippen MR) is 105 cm³/mol. The minimum Gasteiger partial charge on any atom is -0.778 e. The third-order valence-electron chi connectivity index (χ3n) is 3.54. The van der Waals surface area contributed by atoms with Crippen LogP contribution in [0.3, 0.4) is 0 Å². The van der Waals surface area contributed by atoms with Crippen LogP contribution in [0.25, 0.3) is 0 Å². The van der Waals surface area contributed by atoms with E-state index < -0.39 is 19.4 Å². The van der Waals surface area contributed by atoms with Crippen molar-refractivity contribution in [1.29, 1.82) is 0 Å². The summed E-state index contributed by atoms with van der Waals surface area (Å²) in [6.07, 6.45) is -0.533. The van der Waals surface area contributed by atoms with Crippen LogP contribution in [-0.4, -0.2) is 62.1 Å². The van der Waals surface area contributed by atoms with Gasteiger partial charge in [0.05, 0.1) is 31.5 Å². The summed E-state index contributed by atoms with van der Waals surface area (Å²) in [5.41, 5.74) is -0.708. The van der Waals surface area contributed by atoms with Gasteiger partial charge in [-0.05, 0) is 27.7 Å². The van der Waals surface area contributed by atoms with E-state index in [2.05, 4.69) is 10.6 Å². The molecule has 0 rings (SSSR count). The maximum Gasteiger partial charge on any atom is 0.222 e. The first-order chi connectivity index (χ1) is 12.9. The summed E-state index contributed by atoms with van der Waals surface area (Å²) in [7, 11) is -4.11. The average Bonchev–Trinajstić information content (AvgIpc) is 2.56. The van der Waals surface area contributed by atoms with Gasteiger partial charge in [-0.2, -0.15) is 0 Å². The van der Waals surface area contributed by atoms with Crippen molar-refractivity contribution >= 4 is 19.4 Å². The van der Waals surface area contributed by atoms with Crippen molar-refractivity contribution < 1.29 is 33.0 Å². The fraction of sp³-hybridized carbons (Fsp3) is 0.889. The fourth-order valence-electron chi connectivity index (χ4n) is 1.88. The summed E-state index contributed by atoms with van der Waals surface area (Å²) >= 11 is 0. The Balaban J connectivity index is 4.56. The molecule has 0 aliphatic heterocycles. The third kappa shape index (κ3) is 14.1. The maximum atomic E-state index is 12.1. The third-order valence-corrected chi connectivity index (χ3v) is 5.40. The molecule has 10 heteroatoms. The molecule has 0 saturated heterocycles. The molecule has 0 aromatic carbocycles. The topological polar surface area (TPSA) is 126 Å². The Morgan fingerprint density at radius 3 is 1.57 bits per heavy atom. The smallest absolute Gasteiger partial charge is 0.222 e. The molecule has 1 atom stereocenters. The van der Waals surface area contributed by atoms with Crippen molar-refractivity contribution in [2.24, 2.45) is 0 Å². The lowest BCUT2D eigenvalue weighted by atomic mass is 10.3. The molecule has 0 spiro atoms. The normalized spacial score (nSPS) is 14.0. The van der Waals surface area contributed by atoms with Crippen LogP contribution in [-0.2, 0) is 28.2 Å². The van der Waals surface area contributed by atoms with E-state index in [1.807, 2.05) is 27.7 Å². The van der Waals surface area contributed by atoms with Gasteiger partial charge in [0.15, 0.2) is 0 Å². The van der Waals surface area contributed by atoms with Crippen molar-refractivity contribution in [2.45, 2.75) is 78.4 Å². The first-order valence-electron chi connectivity index (χ1n) is 9.69. The molecule has 2 N–H and O–H groups in total. The number of rotatable bonds is 15. The number of hydrogen-bond donors (Lipinski definition) is 2. The fourth-order valence-corrected chi connectivity index (χ4v) is 2.69. The van der Waals surface area contributed by atoms with E-state index in [1.54, 1.807) is 0 Å². The van der Waals surface area contributed by atoms with Gasteiger partial charge in [-0.3, -0.25) is 9.59 Å². The van der Waals surface area contributed by atoms with Gasteiger partial charge < -0.3 is 34.1 Å². The molecule has 9 nitrogen and oxygen atoms in total. The summed E-state index contributed by atoms with van der Waals surface area (Å²) in [6.45, 7) is 11.0. The molecule has 0 aromatic rings. The second-order valence-corrected chi connectivity index (χ2v) is 9.63.